The largest absolute Gasteiger partial charge is 0.366 e. The van der Waals surface area contributed by atoms with Crippen molar-refractivity contribution in [2.45, 2.75) is 31.5 Å². The lowest BCUT2D eigenvalue weighted by atomic mass is 10.0. The predicted molar refractivity (Wildman–Crippen MR) is 121 cm³/mol. The van der Waals surface area contributed by atoms with Crippen molar-refractivity contribution in [1.29, 1.82) is 0 Å². The van der Waals surface area contributed by atoms with Crippen LogP contribution < -0.4 is 10.9 Å². The summed E-state index contributed by atoms with van der Waals surface area (Å²) in [7, 11) is 1.94. The number of fused-ring (bicyclic) bond motifs is 1. The van der Waals surface area contributed by atoms with Gasteiger partial charge in [-0.1, -0.05) is 12.1 Å². The van der Waals surface area contributed by atoms with Crippen molar-refractivity contribution in [2.75, 3.05) is 39.8 Å². The quantitative estimate of drug-likeness (QED) is 0.715. The Hall–Kier alpha value is -1.71. The number of ether oxygens (including phenoxy) is 1. The number of nitrogens with zero attached hydrogens (tertiary/aromatic N) is 3. The van der Waals surface area contributed by atoms with Crippen LogP contribution in [-0.2, 0) is 16.1 Å². The number of nitrogens with one attached hydrogen (secondary N) is 2. The molecule has 0 radical (unpaired) electrons. The molecule has 2 saturated heterocycles. The first-order valence-corrected chi connectivity index (χ1v) is 9.92. The average molecular weight is 458 g/mol. The minimum atomic E-state index is -0.462. The van der Waals surface area contributed by atoms with Gasteiger partial charge in [0.25, 0.3) is 11.5 Å². The van der Waals surface area contributed by atoms with Gasteiger partial charge < -0.3 is 19.9 Å². The summed E-state index contributed by atoms with van der Waals surface area (Å²) in [5.41, 5.74) is 0.557. The van der Waals surface area contributed by atoms with Crippen molar-refractivity contribution in [1.82, 2.24) is 25.1 Å². The topological polar surface area (TPSA) is 90.6 Å². The maximum absolute atomic E-state index is 12.9. The van der Waals surface area contributed by atoms with Gasteiger partial charge in [-0.05, 0) is 32.0 Å². The Bertz CT molecular complexity index is 909. The number of likely N-dealkylation sites (N-methyl/N-ethyl adjacent to an activating group) is 1. The Morgan fingerprint density at radius 3 is 2.87 bits per heavy atom. The molecular weight excluding hydrogens is 429 g/mol. The van der Waals surface area contributed by atoms with E-state index in [9.17, 15) is 9.59 Å². The lowest BCUT2D eigenvalue weighted by Crippen LogP contribution is -2.54. The third-order valence-electron chi connectivity index (χ3n) is 5.60. The van der Waals surface area contributed by atoms with Crippen LogP contribution in [0.4, 0.5) is 0 Å². The molecule has 8 nitrogen and oxygen atoms in total. The number of rotatable bonds is 4. The Morgan fingerprint density at radius 1 is 1.27 bits per heavy atom. The van der Waals surface area contributed by atoms with Crippen molar-refractivity contribution in [3.05, 3.63) is 40.4 Å². The van der Waals surface area contributed by atoms with E-state index >= 15 is 0 Å². The fourth-order valence-corrected chi connectivity index (χ4v) is 4.03. The molecule has 4 rings (SSSR count). The SMILES string of the molecule is CNC1CCCN(C(=O)C2CN(Cc3nc4ccccc4c(=O)[nH]3)CCO2)C1.Cl.Cl. The summed E-state index contributed by atoms with van der Waals surface area (Å²) in [6.07, 6.45) is 1.64. The van der Waals surface area contributed by atoms with Crippen LogP contribution in [0, 0.1) is 0 Å². The Kier molecular flexibility index (Phi) is 9.06. The number of aromatic amines is 1. The lowest BCUT2D eigenvalue weighted by Gasteiger charge is -2.38. The second-order valence-electron chi connectivity index (χ2n) is 7.54. The molecule has 2 N–H and O–H groups in total. The molecule has 2 fully saturated rings. The molecule has 30 heavy (non-hydrogen) atoms. The number of benzene rings is 1. The van der Waals surface area contributed by atoms with Crippen molar-refractivity contribution in [3.8, 4) is 0 Å². The summed E-state index contributed by atoms with van der Waals surface area (Å²) in [5.74, 6) is 0.676. The van der Waals surface area contributed by atoms with E-state index in [2.05, 4.69) is 20.2 Å². The maximum Gasteiger partial charge on any atom is 0.258 e. The van der Waals surface area contributed by atoms with E-state index < -0.39 is 6.10 Å². The fraction of sp³-hybridized carbons (Fsp3) is 0.550. The first-order valence-electron chi connectivity index (χ1n) is 9.92. The fourth-order valence-electron chi connectivity index (χ4n) is 4.03. The highest BCUT2D eigenvalue weighted by Crippen LogP contribution is 2.16. The molecular formula is C20H29Cl2N5O3. The van der Waals surface area contributed by atoms with E-state index in [0.717, 1.165) is 25.9 Å². The van der Waals surface area contributed by atoms with Crippen LogP contribution >= 0.6 is 24.8 Å². The third kappa shape index (κ3) is 5.50. The molecule has 0 saturated carbocycles. The Morgan fingerprint density at radius 2 is 2.07 bits per heavy atom. The van der Waals surface area contributed by atoms with Gasteiger partial charge in [-0.3, -0.25) is 14.5 Å². The molecule has 0 aliphatic carbocycles. The summed E-state index contributed by atoms with van der Waals surface area (Å²) in [5, 5.41) is 3.85. The number of piperidine rings is 1. The number of morpholine rings is 1. The van der Waals surface area contributed by atoms with Gasteiger partial charge in [-0.15, -0.1) is 24.8 Å². The molecule has 1 aromatic heterocycles. The number of carbonyl (C=O) groups excluding carboxylic acids is 1. The minimum Gasteiger partial charge on any atom is -0.366 e. The number of para-hydroxylation sites is 1. The number of hydrogen-bond donors (Lipinski definition) is 2. The second-order valence-corrected chi connectivity index (χ2v) is 7.54. The van der Waals surface area contributed by atoms with Crippen LogP contribution in [0.25, 0.3) is 10.9 Å². The smallest absolute Gasteiger partial charge is 0.258 e. The number of aromatic nitrogens is 2. The summed E-state index contributed by atoms with van der Waals surface area (Å²) in [6.45, 7) is 3.73. The molecule has 2 unspecified atom stereocenters. The van der Waals surface area contributed by atoms with Crippen molar-refractivity contribution < 1.29 is 9.53 Å². The van der Waals surface area contributed by atoms with Gasteiger partial charge in [0.05, 0.1) is 24.1 Å². The highest BCUT2D eigenvalue weighted by atomic mass is 35.5. The average Bonchev–Trinajstić information content (AvgIpc) is 2.73. The summed E-state index contributed by atoms with van der Waals surface area (Å²) in [4.78, 5) is 36.7. The highest BCUT2D eigenvalue weighted by Gasteiger charge is 2.32. The van der Waals surface area contributed by atoms with Gasteiger partial charge in [-0.2, -0.15) is 0 Å². The van der Waals surface area contributed by atoms with Crippen molar-refractivity contribution in [3.63, 3.8) is 0 Å². The van der Waals surface area contributed by atoms with Crippen molar-refractivity contribution in [2.24, 2.45) is 0 Å². The molecule has 1 aromatic carbocycles. The zero-order chi connectivity index (χ0) is 19.5. The van der Waals surface area contributed by atoms with Crippen LogP contribution in [0.1, 0.15) is 18.7 Å². The van der Waals surface area contributed by atoms with E-state index in [1.807, 2.05) is 30.1 Å². The highest BCUT2D eigenvalue weighted by molar-refractivity contribution is 5.85. The molecule has 166 valence electrons. The van der Waals surface area contributed by atoms with E-state index in [-0.39, 0.29) is 36.3 Å². The molecule has 10 heteroatoms. The number of H-pyrrole nitrogens is 1. The van der Waals surface area contributed by atoms with E-state index in [4.69, 9.17) is 4.74 Å². The van der Waals surface area contributed by atoms with Gasteiger partial charge in [0.2, 0.25) is 0 Å². The summed E-state index contributed by atoms with van der Waals surface area (Å²) < 4.78 is 5.78. The Balaban J connectivity index is 0.00000160. The lowest BCUT2D eigenvalue weighted by molar-refractivity contribution is -0.151. The molecule has 2 atom stereocenters. The molecule has 2 aromatic rings. The first-order chi connectivity index (χ1) is 13.6. The first kappa shape index (κ1) is 24.6. The molecule has 2 aliphatic rings. The normalized spacial score (nSPS) is 22.2. The third-order valence-corrected chi connectivity index (χ3v) is 5.60. The van der Waals surface area contributed by atoms with Crippen LogP contribution in [0.15, 0.2) is 29.1 Å². The second kappa shape index (κ2) is 11.1. The monoisotopic (exact) mass is 457 g/mol. The Labute approximate surface area is 188 Å². The van der Waals surface area contributed by atoms with Crippen LogP contribution in [0.2, 0.25) is 0 Å². The van der Waals surface area contributed by atoms with Gasteiger partial charge in [0.15, 0.2) is 0 Å². The number of carbonyl (C=O) groups is 1. The van der Waals surface area contributed by atoms with E-state index in [0.29, 0.717) is 49.0 Å². The number of likely N-dealkylation sites (tertiary alicyclic amines) is 1. The van der Waals surface area contributed by atoms with Gasteiger partial charge >= 0.3 is 0 Å². The summed E-state index contributed by atoms with van der Waals surface area (Å²) in [6, 6.07) is 7.67. The standard InChI is InChI=1S/C20H27N5O3.2ClH/c1-21-14-5-4-8-25(11-14)20(27)17-12-24(9-10-28-17)13-18-22-16-7-3-2-6-15(16)19(26)23-18;;/h2-3,6-7,14,17,21H,4-5,8-13H2,1H3,(H,22,23,26);2*1H. The zero-order valence-electron chi connectivity index (χ0n) is 17.0. The van der Waals surface area contributed by atoms with E-state index in [1.165, 1.54) is 0 Å². The van der Waals surface area contributed by atoms with E-state index in [1.54, 1.807) is 6.07 Å². The van der Waals surface area contributed by atoms with Crippen LogP contribution in [-0.4, -0.2) is 77.7 Å². The minimum absolute atomic E-state index is 0. The molecule has 0 bridgehead atoms. The molecule has 0 spiro atoms. The molecule has 1 amide bonds. The molecule has 2 aliphatic heterocycles. The zero-order valence-corrected chi connectivity index (χ0v) is 18.6. The van der Waals surface area contributed by atoms with Crippen molar-refractivity contribution >= 4 is 41.6 Å². The predicted octanol–water partition coefficient (Wildman–Crippen LogP) is 1.18. The summed E-state index contributed by atoms with van der Waals surface area (Å²) >= 11 is 0. The van der Waals surface area contributed by atoms with Crippen LogP contribution in [0.3, 0.4) is 0 Å². The van der Waals surface area contributed by atoms with Gasteiger partial charge in [0.1, 0.15) is 11.9 Å². The molecule has 3 heterocycles. The number of hydrogen-bond acceptors (Lipinski definition) is 6. The van der Waals surface area contributed by atoms with Gasteiger partial charge in [-0.25, -0.2) is 4.98 Å². The van der Waals surface area contributed by atoms with Gasteiger partial charge in [0, 0.05) is 32.2 Å². The maximum atomic E-state index is 12.9. The number of amides is 1. The van der Waals surface area contributed by atoms with Crippen LogP contribution in [0.5, 0.6) is 0 Å². The number of halogens is 2.